The van der Waals surface area contributed by atoms with E-state index in [1.165, 1.54) is 45.5 Å². The monoisotopic (exact) mass is 471 g/mol. The number of methoxy groups -OCH3 is 1. The van der Waals surface area contributed by atoms with Crippen LogP contribution in [0.4, 0.5) is 11.4 Å². The van der Waals surface area contributed by atoms with Gasteiger partial charge in [-0.25, -0.2) is 17.7 Å². The van der Waals surface area contributed by atoms with Crippen molar-refractivity contribution in [3.8, 4) is 5.75 Å². The molecule has 0 aliphatic carbocycles. The third kappa shape index (κ3) is 5.96. The van der Waals surface area contributed by atoms with Gasteiger partial charge in [-0.3, -0.25) is 9.59 Å². The number of amides is 2. The molecular weight excluding hydrogens is 446 g/mol. The summed E-state index contributed by atoms with van der Waals surface area (Å²) in [6, 6.07) is 10.7. The highest BCUT2D eigenvalue weighted by molar-refractivity contribution is 7.89. The third-order valence-electron chi connectivity index (χ3n) is 4.76. The van der Waals surface area contributed by atoms with E-state index >= 15 is 0 Å². The molecule has 0 bridgehead atoms. The van der Waals surface area contributed by atoms with Gasteiger partial charge in [-0.05, 0) is 36.4 Å². The molecule has 174 valence electrons. The van der Waals surface area contributed by atoms with Gasteiger partial charge in [0.2, 0.25) is 15.9 Å². The number of carbonyl (C=O) groups excluding carboxylic acids is 2. The average Bonchev–Trinajstić information content (AvgIpc) is 3.31. The summed E-state index contributed by atoms with van der Waals surface area (Å²) in [6.07, 6.45) is 5.29. The minimum atomic E-state index is -3.69. The molecule has 0 saturated carbocycles. The molecular formula is C22H25N5O5S. The molecule has 0 aliphatic rings. The number of benzene rings is 2. The minimum Gasteiger partial charge on any atom is -0.495 e. The Hall–Kier alpha value is -3.70. The second-order valence-electron chi connectivity index (χ2n) is 7.28. The predicted molar refractivity (Wildman–Crippen MR) is 124 cm³/mol. The Morgan fingerprint density at radius 1 is 1.12 bits per heavy atom. The third-order valence-corrected chi connectivity index (χ3v) is 6.57. The molecule has 1 heterocycles. The number of nitrogens with zero attached hydrogens (tertiary/aromatic N) is 3. The van der Waals surface area contributed by atoms with Crippen molar-refractivity contribution >= 4 is 33.2 Å². The van der Waals surface area contributed by atoms with Crippen LogP contribution in [0.1, 0.15) is 16.8 Å². The lowest BCUT2D eigenvalue weighted by atomic mass is 10.1. The summed E-state index contributed by atoms with van der Waals surface area (Å²) in [7, 11) is 0.575. The molecule has 2 N–H and O–H groups in total. The van der Waals surface area contributed by atoms with Gasteiger partial charge in [-0.1, -0.05) is 6.07 Å². The number of rotatable bonds is 9. The largest absolute Gasteiger partial charge is 0.495 e. The zero-order valence-electron chi connectivity index (χ0n) is 18.5. The lowest BCUT2D eigenvalue weighted by Crippen LogP contribution is -2.22. The number of imidazole rings is 1. The molecule has 3 rings (SSSR count). The Morgan fingerprint density at radius 3 is 2.58 bits per heavy atom. The molecule has 0 aliphatic heterocycles. The van der Waals surface area contributed by atoms with Crippen LogP contribution in [0.2, 0.25) is 0 Å². The van der Waals surface area contributed by atoms with Crippen LogP contribution in [0, 0.1) is 0 Å². The van der Waals surface area contributed by atoms with Gasteiger partial charge in [0.05, 0.1) is 24.0 Å². The Bertz CT molecular complexity index is 1240. The van der Waals surface area contributed by atoms with Crippen molar-refractivity contribution < 1.29 is 22.7 Å². The SMILES string of the molecule is COc1ccc(S(=O)(=O)N(C)C)cc1NC(=O)c1cccc(NC(=O)CCn2ccnc2)c1. The number of carbonyl (C=O) groups is 2. The number of anilines is 2. The molecule has 0 fully saturated rings. The van der Waals surface area contributed by atoms with E-state index < -0.39 is 15.9 Å². The molecule has 0 atom stereocenters. The molecule has 1 aromatic heterocycles. The number of hydrogen-bond acceptors (Lipinski definition) is 6. The normalized spacial score (nSPS) is 11.3. The van der Waals surface area contributed by atoms with Crippen LogP contribution in [-0.4, -0.2) is 55.3 Å². The summed E-state index contributed by atoms with van der Waals surface area (Å²) < 4.78 is 33.0. The summed E-state index contributed by atoms with van der Waals surface area (Å²) >= 11 is 0. The van der Waals surface area contributed by atoms with E-state index in [0.717, 1.165) is 4.31 Å². The fourth-order valence-electron chi connectivity index (χ4n) is 2.96. The first kappa shape index (κ1) is 24.0. The van der Waals surface area contributed by atoms with Crippen LogP contribution in [0.25, 0.3) is 0 Å². The van der Waals surface area contributed by atoms with Crippen molar-refractivity contribution in [3.05, 3.63) is 66.7 Å². The fourth-order valence-corrected chi connectivity index (χ4v) is 3.89. The highest BCUT2D eigenvalue weighted by atomic mass is 32.2. The molecule has 2 aromatic carbocycles. The maximum absolute atomic E-state index is 12.8. The van der Waals surface area contributed by atoms with Crippen LogP contribution < -0.4 is 15.4 Å². The number of hydrogen-bond donors (Lipinski definition) is 2. The van der Waals surface area contributed by atoms with Crippen LogP contribution >= 0.6 is 0 Å². The summed E-state index contributed by atoms with van der Waals surface area (Å²) in [5.74, 6) is -0.378. The second-order valence-corrected chi connectivity index (χ2v) is 9.43. The molecule has 33 heavy (non-hydrogen) atoms. The molecule has 3 aromatic rings. The van der Waals surface area contributed by atoms with Crippen molar-refractivity contribution in [1.29, 1.82) is 0 Å². The van der Waals surface area contributed by atoms with Gasteiger partial charge < -0.3 is 19.9 Å². The highest BCUT2D eigenvalue weighted by Gasteiger charge is 2.20. The first-order chi connectivity index (χ1) is 15.7. The van der Waals surface area contributed by atoms with E-state index in [4.69, 9.17) is 4.74 Å². The smallest absolute Gasteiger partial charge is 0.255 e. The zero-order valence-corrected chi connectivity index (χ0v) is 19.3. The van der Waals surface area contributed by atoms with Crippen molar-refractivity contribution in [2.45, 2.75) is 17.9 Å². The standard InChI is InChI=1S/C22H25N5O5S/c1-26(2)33(30,31)18-7-8-20(32-3)19(14-18)25-22(29)16-5-4-6-17(13-16)24-21(28)9-11-27-12-10-23-15-27/h4-8,10,12-15H,9,11H2,1-3H3,(H,24,28)(H,25,29). The molecule has 0 saturated heterocycles. The Kier molecular flexibility index (Phi) is 7.46. The number of aryl methyl sites for hydroxylation is 1. The number of aromatic nitrogens is 2. The van der Waals surface area contributed by atoms with Gasteiger partial charge in [0.15, 0.2) is 0 Å². The van der Waals surface area contributed by atoms with E-state index in [1.807, 2.05) is 0 Å². The van der Waals surface area contributed by atoms with Crippen LogP contribution in [0.5, 0.6) is 5.75 Å². The number of ether oxygens (including phenoxy) is 1. The lowest BCUT2D eigenvalue weighted by Gasteiger charge is -2.15. The highest BCUT2D eigenvalue weighted by Crippen LogP contribution is 2.29. The molecule has 11 heteroatoms. The Morgan fingerprint density at radius 2 is 1.91 bits per heavy atom. The average molecular weight is 472 g/mol. The van der Waals surface area contributed by atoms with Crippen LogP contribution in [0.3, 0.4) is 0 Å². The number of nitrogens with one attached hydrogen (secondary N) is 2. The molecule has 2 amide bonds. The van der Waals surface area contributed by atoms with Crippen molar-refractivity contribution in [2.75, 3.05) is 31.8 Å². The van der Waals surface area contributed by atoms with E-state index in [1.54, 1.807) is 41.5 Å². The predicted octanol–water partition coefficient (Wildman–Crippen LogP) is 2.42. The van der Waals surface area contributed by atoms with Gasteiger partial charge in [0, 0.05) is 50.7 Å². The lowest BCUT2D eigenvalue weighted by molar-refractivity contribution is -0.116. The maximum Gasteiger partial charge on any atom is 0.255 e. The Labute approximate surface area is 192 Å². The number of sulfonamides is 1. The summed E-state index contributed by atoms with van der Waals surface area (Å²) in [4.78, 5) is 29.0. The molecule has 0 radical (unpaired) electrons. The van der Waals surface area contributed by atoms with Gasteiger partial charge in [-0.2, -0.15) is 0 Å². The summed E-state index contributed by atoms with van der Waals surface area (Å²) in [6.45, 7) is 0.484. The van der Waals surface area contributed by atoms with E-state index in [9.17, 15) is 18.0 Å². The second kappa shape index (κ2) is 10.3. The quantitative estimate of drug-likeness (QED) is 0.494. The summed E-state index contributed by atoms with van der Waals surface area (Å²) in [5.41, 5.74) is 0.958. The Balaban J connectivity index is 1.73. The van der Waals surface area contributed by atoms with Crippen molar-refractivity contribution in [3.63, 3.8) is 0 Å². The summed E-state index contributed by atoms with van der Waals surface area (Å²) in [5, 5.41) is 5.45. The van der Waals surface area contributed by atoms with E-state index in [2.05, 4.69) is 15.6 Å². The van der Waals surface area contributed by atoms with E-state index in [0.29, 0.717) is 18.0 Å². The van der Waals surface area contributed by atoms with Crippen LogP contribution in [-0.2, 0) is 21.4 Å². The topological polar surface area (TPSA) is 123 Å². The first-order valence-electron chi connectivity index (χ1n) is 9.98. The van der Waals surface area contributed by atoms with Gasteiger partial charge in [0.25, 0.3) is 5.91 Å². The zero-order chi connectivity index (χ0) is 24.0. The molecule has 0 spiro atoms. The fraction of sp³-hybridized carbons (Fsp3) is 0.227. The van der Waals surface area contributed by atoms with Gasteiger partial charge >= 0.3 is 0 Å². The van der Waals surface area contributed by atoms with E-state index in [-0.39, 0.29) is 28.5 Å². The van der Waals surface area contributed by atoms with Gasteiger partial charge in [0.1, 0.15) is 5.75 Å². The molecule has 10 nitrogen and oxygen atoms in total. The minimum absolute atomic E-state index is 0.0162. The van der Waals surface area contributed by atoms with Crippen molar-refractivity contribution in [1.82, 2.24) is 13.9 Å². The first-order valence-corrected chi connectivity index (χ1v) is 11.4. The maximum atomic E-state index is 12.8. The molecule has 0 unspecified atom stereocenters. The van der Waals surface area contributed by atoms with Crippen molar-refractivity contribution in [2.24, 2.45) is 0 Å². The van der Waals surface area contributed by atoms with Gasteiger partial charge in [-0.15, -0.1) is 0 Å². The van der Waals surface area contributed by atoms with Crippen LogP contribution in [0.15, 0.2) is 66.1 Å².